The second-order valence-corrected chi connectivity index (χ2v) is 6.98. The molecule has 0 aliphatic rings. The van der Waals surface area contributed by atoms with Gasteiger partial charge < -0.3 is 14.8 Å². The lowest BCUT2D eigenvalue weighted by molar-refractivity contribution is -0.154. The molecule has 0 bridgehead atoms. The molecule has 0 aliphatic carbocycles. The first kappa shape index (κ1) is 23.4. The van der Waals surface area contributed by atoms with Gasteiger partial charge in [-0.1, -0.05) is 37.6 Å². The van der Waals surface area contributed by atoms with Crippen LogP contribution in [0.25, 0.3) is 11.3 Å². The number of amides is 1. The van der Waals surface area contributed by atoms with Crippen LogP contribution in [0.1, 0.15) is 24.3 Å². The van der Waals surface area contributed by atoms with E-state index in [1.165, 1.54) is 19.2 Å². The topological polar surface area (TPSA) is 90.4 Å². The highest BCUT2D eigenvalue weighted by molar-refractivity contribution is 6.30. The smallest absolute Gasteiger partial charge is 0.422 e. The monoisotopic (exact) mass is 445 g/mol. The molecule has 1 unspecified atom stereocenters. The van der Waals surface area contributed by atoms with Gasteiger partial charge in [0.2, 0.25) is 5.88 Å². The highest BCUT2D eigenvalue weighted by Crippen LogP contribution is 2.29. The number of hydrogen-bond donors (Lipinski definition) is 1. The van der Waals surface area contributed by atoms with Gasteiger partial charge in [-0.2, -0.15) is 13.2 Å². The van der Waals surface area contributed by atoms with Gasteiger partial charge in [0.05, 0.1) is 13.3 Å². The van der Waals surface area contributed by atoms with E-state index in [2.05, 4.69) is 20.0 Å². The van der Waals surface area contributed by atoms with Crippen molar-refractivity contribution in [2.45, 2.75) is 26.1 Å². The van der Waals surface area contributed by atoms with Crippen LogP contribution in [0, 0.1) is 5.92 Å². The van der Waals surface area contributed by atoms with Crippen LogP contribution in [0.5, 0.6) is 5.88 Å². The molecule has 1 heterocycles. The molecule has 1 N–H and O–H groups in total. The lowest BCUT2D eigenvalue weighted by Gasteiger charge is -2.19. The summed E-state index contributed by atoms with van der Waals surface area (Å²) in [6, 6.07) is 5.16. The second kappa shape index (κ2) is 9.75. The maximum Gasteiger partial charge on any atom is 0.422 e. The number of carbonyl (C=O) groups is 2. The second-order valence-electron chi connectivity index (χ2n) is 6.54. The SMILES string of the molecule is COC(=O)C(NC(=O)c1cnc(OCC(F)(F)F)c(-c2cccc(Cl)c2)n1)C(C)C. The Morgan fingerprint density at radius 3 is 2.53 bits per heavy atom. The van der Waals surface area contributed by atoms with Crippen molar-refractivity contribution in [2.75, 3.05) is 13.7 Å². The fourth-order valence-electron chi connectivity index (χ4n) is 2.41. The van der Waals surface area contributed by atoms with E-state index < -0.39 is 36.6 Å². The lowest BCUT2D eigenvalue weighted by Crippen LogP contribution is -2.45. The summed E-state index contributed by atoms with van der Waals surface area (Å²) in [5.41, 5.74) is -0.0253. The van der Waals surface area contributed by atoms with E-state index in [1.807, 2.05) is 0 Å². The normalized spacial score (nSPS) is 12.4. The number of nitrogens with zero attached hydrogens (tertiary/aromatic N) is 2. The fourth-order valence-corrected chi connectivity index (χ4v) is 2.60. The molecule has 1 aromatic carbocycles. The number of hydrogen-bond acceptors (Lipinski definition) is 6. The molecule has 30 heavy (non-hydrogen) atoms. The van der Waals surface area contributed by atoms with E-state index in [1.54, 1.807) is 26.0 Å². The van der Waals surface area contributed by atoms with Crippen LogP contribution in [0.4, 0.5) is 13.2 Å². The molecule has 11 heteroatoms. The van der Waals surface area contributed by atoms with E-state index in [9.17, 15) is 22.8 Å². The first-order chi connectivity index (χ1) is 14.0. The van der Waals surface area contributed by atoms with E-state index in [0.29, 0.717) is 10.6 Å². The largest absolute Gasteiger partial charge is 0.467 e. The zero-order valence-electron chi connectivity index (χ0n) is 16.3. The molecule has 0 radical (unpaired) electrons. The van der Waals surface area contributed by atoms with Crippen molar-refractivity contribution in [1.82, 2.24) is 15.3 Å². The zero-order valence-corrected chi connectivity index (χ0v) is 17.0. The Balaban J connectivity index is 2.41. The molecule has 0 aliphatic heterocycles. The number of benzene rings is 1. The zero-order chi connectivity index (χ0) is 22.5. The molecule has 162 valence electrons. The number of carbonyl (C=O) groups excluding carboxylic acids is 2. The molecular formula is C19H19ClF3N3O4. The maximum absolute atomic E-state index is 12.6. The number of ether oxygens (including phenoxy) is 2. The molecule has 0 fully saturated rings. The third-order valence-electron chi connectivity index (χ3n) is 3.85. The van der Waals surface area contributed by atoms with Gasteiger partial charge in [0.15, 0.2) is 6.61 Å². The van der Waals surface area contributed by atoms with Crippen molar-refractivity contribution in [2.24, 2.45) is 5.92 Å². The molecule has 1 amide bonds. The number of methoxy groups -OCH3 is 1. The summed E-state index contributed by atoms with van der Waals surface area (Å²) >= 11 is 5.95. The van der Waals surface area contributed by atoms with E-state index in [-0.39, 0.29) is 17.3 Å². The van der Waals surface area contributed by atoms with Gasteiger partial charge >= 0.3 is 12.1 Å². The van der Waals surface area contributed by atoms with Crippen LogP contribution in [-0.4, -0.2) is 47.8 Å². The summed E-state index contributed by atoms with van der Waals surface area (Å²) in [5.74, 6) is -2.10. The van der Waals surface area contributed by atoms with Crippen molar-refractivity contribution in [3.05, 3.63) is 41.2 Å². The molecule has 1 atom stereocenters. The van der Waals surface area contributed by atoms with Crippen LogP contribution in [0.15, 0.2) is 30.5 Å². The van der Waals surface area contributed by atoms with E-state index >= 15 is 0 Å². The number of esters is 1. The quantitative estimate of drug-likeness (QED) is 0.654. The molecule has 7 nitrogen and oxygen atoms in total. The van der Waals surface area contributed by atoms with Gasteiger partial charge in [0, 0.05) is 10.6 Å². The van der Waals surface area contributed by atoms with Crippen LogP contribution in [0.2, 0.25) is 5.02 Å². The molecule has 2 rings (SSSR count). The molecule has 2 aromatic rings. The molecule has 0 saturated heterocycles. The van der Waals surface area contributed by atoms with Crippen LogP contribution < -0.4 is 10.1 Å². The van der Waals surface area contributed by atoms with Crippen molar-refractivity contribution in [1.29, 1.82) is 0 Å². The maximum atomic E-state index is 12.6. The van der Waals surface area contributed by atoms with Gasteiger partial charge in [-0.3, -0.25) is 4.79 Å². The number of aromatic nitrogens is 2. The Hall–Kier alpha value is -2.88. The standard InChI is InChI=1S/C19H19ClF3N3O4/c1-10(2)14(18(28)29-3)26-16(27)13-8-24-17(30-9-19(21,22)23)15(25-13)11-5-4-6-12(20)7-11/h4-8,10,14H,9H2,1-3H3,(H,26,27). The summed E-state index contributed by atoms with van der Waals surface area (Å²) in [6.07, 6.45) is -3.63. The van der Waals surface area contributed by atoms with E-state index in [0.717, 1.165) is 6.20 Å². The van der Waals surface area contributed by atoms with Crippen molar-refractivity contribution < 1.29 is 32.2 Å². The van der Waals surface area contributed by atoms with Crippen LogP contribution in [-0.2, 0) is 9.53 Å². The Morgan fingerprint density at radius 1 is 1.27 bits per heavy atom. The predicted molar refractivity (Wildman–Crippen MR) is 102 cm³/mol. The minimum absolute atomic E-state index is 0.103. The number of alkyl halides is 3. The lowest BCUT2D eigenvalue weighted by atomic mass is 10.0. The number of halogens is 4. The Kier molecular flexibility index (Phi) is 7.60. The van der Waals surface area contributed by atoms with Crippen molar-refractivity contribution in [3.63, 3.8) is 0 Å². The minimum atomic E-state index is -4.59. The average molecular weight is 446 g/mol. The van der Waals surface area contributed by atoms with Gasteiger partial charge in [-0.25, -0.2) is 14.8 Å². The predicted octanol–water partition coefficient (Wildman–Crippen LogP) is 3.67. The fraction of sp³-hybridized carbons (Fsp3) is 0.368. The Morgan fingerprint density at radius 2 is 1.97 bits per heavy atom. The third-order valence-corrected chi connectivity index (χ3v) is 4.09. The number of rotatable bonds is 7. The first-order valence-corrected chi connectivity index (χ1v) is 9.11. The molecular weight excluding hydrogens is 427 g/mol. The highest BCUT2D eigenvalue weighted by atomic mass is 35.5. The summed E-state index contributed by atoms with van der Waals surface area (Å²) in [4.78, 5) is 32.4. The Labute approximate surface area is 175 Å². The Bertz CT molecular complexity index is 922. The third kappa shape index (κ3) is 6.31. The highest BCUT2D eigenvalue weighted by Gasteiger charge is 2.30. The van der Waals surface area contributed by atoms with E-state index in [4.69, 9.17) is 16.3 Å². The summed E-state index contributed by atoms with van der Waals surface area (Å²) < 4.78 is 47.1. The summed E-state index contributed by atoms with van der Waals surface area (Å²) in [5, 5.41) is 2.79. The summed E-state index contributed by atoms with van der Waals surface area (Å²) in [6.45, 7) is 1.83. The minimum Gasteiger partial charge on any atom is -0.467 e. The van der Waals surface area contributed by atoms with Gasteiger partial charge in [0.1, 0.15) is 17.4 Å². The van der Waals surface area contributed by atoms with Crippen LogP contribution >= 0.6 is 11.6 Å². The molecule has 0 saturated carbocycles. The first-order valence-electron chi connectivity index (χ1n) is 8.73. The molecule has 0 spiro atoms. The van der Waals surface area contributed by atoms with Crippen LogP contribution in [0.3, 0.4) is 0 Å². The van der Waals surface area contributed by atoms with Gasteiger partial charge in [-0.05, 0) is 18.1 Å². The van der Waals surface area contributed by atoms with Crippen molar-refractivity contribution in [3.8, 4) is 17.1 Å². The van der Waals surface area contributed by atoms with Gasteiger partial charge in [-0.15, -0.1) is 0 Å². The number of nitrogens with one attached hydrogen (secondary N) is 1. The summed E-state index contributed by atoms with van der Waals surface area (Å²) in [7, 11) is 1.19. The average Bonchev–Trinajstić information content (AvgIpc) is 2.68. The van der Waals surface area contributed by atoms with Crippen molar-refractivity contribution >= 4 is 23.5 Å². The molecule has 1 aromatic heterocycles. The van der Waals surface area contributed by atoms with Gasteiger partial charge in [0.25, 0.3) is 5.91 Å².